The van der Waals surface area contributed by atoms with Crippen molar-refractivity contribution in [2.24, 2.45) is 0 Å². The quantitative estimate of drug-likeness (QED) is 0.721. The Morgan fingerprint density at radius 1 is 1.50 bits per heavy atom. The number of aromatic nitrogens is 2. The molecule has 1 aromatic rings. The highest BCUT2D eigenvalue weighted by Crippen LogP contribution is 2.10. The van der Waals surface area contributed by atoms with E-state index in [9.17, 15) is 4.79 Å². The van der Waals surface area contributed by atoms with Gasteiger partial charge in [0.2, 0.25) is 0 Å². The van der Waals surface area contributed by atoms with Crippen LogP contribution in [0, 0.1) is 0 Å². The summed E-state index contributed by atoms with van der Waals surface area (Å²) in [5.74, 6) is 0.559. The molecule has 0 bridgehead atoms. The molecule has 102 valence electrons. The molecule has 0 aliphatic carbocycles. The van der Waals surface area contributed by atoms with Crippen LogP contribution >= 0.6 is 0 Å². The number of rotatable bonds is 8. The van der Waals surface area contributed by atoms with E-state index in [0.717, 1.165) is 25.8 Å². The lowest BCUT2D eigenvalue weighted by Crippen LogP contribution is -2.36. The minimum absolute atomic E-state index is 0.0737. The van der Waals surface area contributed by atoms with E-state index in [0.29, 0.717) is 12.3 Å². The van der Waals surface area contributed by atoms with Crippen molar-refractivity contribution in [1.82, 2.24) is 15.1 Å². The second-order valence-corrected chi connectivity index (χ2v) is 4.29. The number of hydrogen-bond acceptors (Lipinski definition) is 3. The highest BCUT2D eigenvalue weighted by atomic mass is 16.5. The van der Waals surface area contributed by atoms with E-state index >= 15 is 0 Å². The molecule has 18 heavy (non-hydrogen) atoms. The summed E-state index contributed by atoms with van der Waals surface area (Å²) in [5, 5.41) is 6.96. The van der Waals surface area contributed by atoms with Crippen molar-refractivity contribution in [3.63, 3.8) is 0 Å². The molecule has 0 saturated carbocycles. The number of nitrogens with one attached hydrogen (secondary N) is 1. The molecular formula is C13H23N3O2. The van der Waals surface area contributed by atoms with Gasteiger partial charge in [-0.2, -0.15) is 5.10 Å². The van der Waals surface area contributed by atoms with Crippen molar-refractivity contribution in [3.05, 3.63) is 12.4 Å². The van der Waals surface area contributed by atoms with Crippen molar-refractivity contribution < 1.29 is 9.53 Å². The van der Waals surface area contributed by atoms with Crippen molar-refractivity contribution in [3.8, 4) is 5.75 Å². The summed E-state index contributed by atoms with van der Waals surface area (Å²) in [4.78, 5) is 11.7. The minimum Gasteiger partial charge on any atom is -0.478 e. The van der Waals surface area contributed by atoms with Gasteiger partial charge in [-0.05, 0) is 20.3 Å². The second-order valence-electron chi connectivity index (χ2n) is 4.29. The van der Waals surface area contributed by atoms with Crippen LogP contribution in [0.3, 0.4) is 0 Å². The third-order valence-electron chi connectivity index (χ3n) is 2.70. The monoisotopic (exact) mass is 253 g/mol. The number of aryl methyl sites for hydroxylation is 1. The Hall–Kier alpha value is -1.52. The predicted octanol–water partition coefficient (Wildman–Crippen LogP) is 1.98. The maximum atomic E-state index is 11.7. The molecular weight excluding hydrogens is 230 g/mol. The fourth-order valence-corrected chi connectivity index (χ4v) is 1.57. The zero-order valence-corrected chi connectivity index (χ0v) is 11.5. The first-order chi connectivity index (χ1) is 8.67. The number of amides is 1. The summed E-state index contributed by atoms with van der Waals surface area (Å²) in [6.07, 6.45) is 6.24. The molecule has 0 aliphatic rings. The van der Waals surface area contributed by atoms with Crippen LogP contribution in [0.1, 0.15) is 40.0 Å². The van der Waals surface area contributed by atoms with Gasteiger partial charge in [-0.15, -0.1) is 0 Å². The summed E-state index contributed by atoms with van der Waals surface area (Å²) in [7, 11) is 0. The standard InChI is InChI=1S/C13H23N3O2/c1-4-6-7-8-14-13(17)11(3)18-12-9-15-16(5-2)10-12/h9-11H,4-8H2,1-3H3,(H,14,17). The Kier molecular flexibility index (Phi) is 6.25. The van der Waals surface area contributed by atoms with E-state index in [-0.39, 0.29) is 5.91 Å². The Labute approximate surface area is 109 Å². The van der Waals surface area contributed by atoms with Crippen LogP contribution in [-0.4, -0.2) is 28.3 Å². The van der Waals surface area contributed by atoms with E-state index in [2.05, 4.69) is 17.3 Å². The molecule has 1 rings (SSSR count). The number of ether oxygens (including phenoxy) is 1. The van der Waals surface area contributed by atoms with E-state index in [1.54, 1.807) is 24.0 Å². The van der Waals surface area contributed by atoms with Crippen LogP contribution in [0.25, 0.3) is 0 Å². The van der Waals surface area contributed by atoms with Crippen molar-refractivity contribution in [2.45, 2.75) is 52.7 Å². The van der Waals surface area contributed by atoms with Crippen LogP contribution in [0.4, 0.5) is 0 Å². The number of carbonyl (C=O) groups is 1. The molecule has 0 spiro atoms. The lowest BCUT2D eigenvalue weighted by molar-refractivity contribution is -0.127. The molecule has 0 aliphatic heterocycles. The molecule has 0 radical (unpaired) electrons. The first kappa shape index (κ1) is 14.5. The van der Waals surface area contributed by atoms with Crippen molar-refractivity contribution in [2.75, 3.05) is 6.54 Å². The average molecular weight is 253 g/mol. The SMILES string of the molecule is CCCCCNC(=O)C(C)Oc1cnn(CC)c1. The van der Waals surface area contributed by atoms with E-state index in [1.165, 1.54) is 0 Å². The Balaban J connectivity index is 2.30. The summed E-state index contributed by atoms with van der Waals surface area (Å²) in [5.41, 5.74) is 0. The molecule has 1 atom stereocenters. The van der Waals surface area contributed by atoms with Gasteiger partial charge in [0.1, 0.15) is 0 Å². The van der Waals surface area contributed by atoms with Crippen LogP contribution in [-0.2, 0) is 11.3 Å². The molecule has 0 fully saturated rings. The molecule has 0 saturated heterocycles. The number of hydrogen-bond donors (Lipinski definition) is 1. The van der Waals surface area contributed by atoms with Crippen LogP contribution < -0.4 is 10.1 Å². The lowest BCUT2D eigenvalue weighted by atomic mass is 10.2. The van der Waals surface area contributed by atoms with Gasteiger partial charge in [0.15, 0.2) is 11.9 Å². The van der Waals surface area contributed by atoms with Gasteiger partial charge in [0.05, 0.1) is 12.4 Å². The molecule has 1 heterocycles. The maximum Gasteiger partial charge on any atom is 0.260 e. The molecule has 1 aromatic heterocycles. The second kappa shape index (κ2) is 7.74. The third-order valence-corrected chi connectivity index (χ3v) is 2.70. The predicted molar refractivity (Wildman–Crippen MR) is 70.5 cm³/mol. The Morgan fingerprint density at radius 3 is 2.89 bits per heavy atom. The molecule has 1 amide bonds. The first-order valence-corrected chi connectivity index (χ1v) is 6.64. The van der Waals surface area contributed by atoms with E-state index in [1.807, 2.05) is 6.92 Å². The van der Waals surface area contributed by atoms with Crippen molar-refractivity contribution in [1.29, 1.82) is 0 Å². The minimum atomic E-state index is -0.485. The summed E-state index contributed by atoms with van der Waals surface area (Å²) in [6, 6.07) is 0. The number of unbranched alkanes of at least 4 members (excludes halogenated alkanes) is 2. The summed E-state index contributed by atoms with van der Waals surface area (Å²) >= 11 is 0. The van der Waals surface area contributed by atoms with E-state index in [4.69, 9.17) is 4.74 Å². The molecule has 1 unspecified atom stereocenters. The van der Waals surface area contributed by atoms with Crippen LogP contribution in [0.15, 0.2) is 12.4 Å². The largest absolute Gasteiger partial charge is 0.478 e. The van der Waals surface area contributed by atoms with Gasteiger partial charge >= 0.3 is 0 Å². The molecule has 5 nitrogen and oxygen atoms in total. The summed E-state index contributed by atoms with van der Waals surface area (Å²) < 4.78 is 7.29. The van der Waals surface area contributed by atoms with Gasteiger partial charge in [-0.3, -0.25) is 9.48 Å². The molecule has 0 aromatic carbocycles. The van der Waals surface area contributed by atoms with Gasteiger partial charge in [-0.25, -0.2) is 0 Å². The first-order valence-electron chi connectivity index (χ1n) is 6.64. The normalized spacial score (nSPS) is 12.2. The topological polar surface area (TPSA) is 56.1 Å². The van der Waals surface area contributed by atoms with Gasteiger partial charge in [0, 0.05) is 13.1 Å². The maximum absolute atomic E-state index is 11.7. The Bertz CT molecular complexity index is 363. The van der Waals surface area contributed by atoms with Gasteiger partial charge < -0.3 is 10.1 Å². The smallest absolute Gasteiger partial charge is 0.260 e. The average Bonchev–Trinajstić information content (AvgIpc) is 2.82. The number of nitrogens with zero attached hydrogens (tertiary/aromatic N) is 2. The van der Waals surface area contributed by atoms with Crippen molar-refractivity contribution >= 4 is 5.91 Å². The van der Waals surface area contributed by atoms with Crippen LogP contribution in [0.5, 0.6) is 5.75 Å². The lowest BCUT2D eigenvalue weighted by Gasteiger charge is -2.13. The highest BCUT2D eigenvalue weighted by Gasteiger charge is 2.14. The number of carbonyl (C=O) groups excluding carboxylic acids is 1. The van der Waals surface area contributed by atoms with Gasteiger partial charge in [0.25, 0.3) is 5.91 Å². The molecule has 1 N–H and O–H groups in total. The van der Waals surface area contributed by atoms with Gasteiger partial charge in [-0.1, -0.05) is 19.8 Å². The zero-order valence-electron chi connectivity index (χ0n) is 11.5. The third kappa shape index (κ3) is 4.77. The molecule has 5 heteroatoms. The Morgan fingerprint density at radius 2 is 2.28 bits per heavy atom. The fraction of sp³-hybridized carbons (Fsp3) is 0.692. The fourth-order valence-electron chi connectivity index (χ4n) is 1.57. The van der Waals surface area contributed by atoms with E-state index < -0.39 is 6.10 Å². The zero-order chi connectivity index (χ0) is 13.4. The van der Waals surface area contributed by atoms with Crippen LogP contribution in [0.2, 0.25) is 0 Å². The highest BCUT2D eigenvalue weighted by molar-refractivity contribution is 5.80. The summed E-state index contributed by atoms with van der Waals surface area (Å²) in [6.45, 7) is 7.40.